The summed E-state index contributed by atoms with van der Waals surface area (Å²) in [4.78, 5) is 4.32. The van der Waals surface area contributed by atoms with Gasteiger partial charge in [-0.25, -0.2) is 0 Å². The number of alkyl halides is 3. The van der Waals surface area contributed by atoms with Gasteiger partial charge in [-0.1, -0.05) is 51.1 Å². The van der Waals surface area contributed by atoms with Gasteiger partial charge in [0.2, 0.25) is 5.95 Å². The van der Waals surface area contributed by atoms with Gasteiger partial charge in [0.05, 0.1) is 5.69 Å². The van der Waals surface area contributed by atoms with E-state index in [2.05, 4.69) is 22.7 Å². The largest absolute Gasteiger partial charge is 0.453 e. The number of hydrogen-bond donors (Lipinski definition) is 2. The lowest BCUT2D eigenvalue weighted by molar-refractivity contribution is -0.144. The molecule has 2 aromatic carbocycles. The van der Waals surface area contributed by atoms with Crippen molar-refractivity contribution in [3.63, 3.8) is 0 Å². The van der Waals surface area contributed by atoms with Crippen LogP contribution in [0.3, 0.4) is 0 Å². The lowest BCUT2D eigenvalue weighted by Crippen LogP contribution is -2.10. The number of nitrogens with two attached hydrogens (primary N) is 1. The number of anilines is 1. The first-order valence-electron chi connectivity index (χ1n) is 8.80. The van der Waals surface area contributed by atoms with Crippen molar-refractivity contribution in [1.29, 1.82) is 0 Å². The smallest absolute Gasteiger partial charge is 0.368 e. The lowest BCUT2D eigenvalue weighted by atomic mass is 9.98. The first-order valence-corrected chi connectivity index (χ1v) is 9.25. The zero-order valence-electron chi connectivity index (χ0n) is 15.9. The maximum absolute atomic E-state index is 12.7. The Hall–Kier alpha value is -2.48. The van der Waals surface area contributed by atoms with Crippen molar-refractivity contribution in [2.24, 2.45) is 0 Å². The summed E-state index contributed by atoms with van der Waals surface area (Å²) in [5, 5.41) is 3.51. The molecule has 1 heterocycles. The molecule has 8 heteroatoms. The first kappa shape index (κ1) is 21.8. The number of rotatable bonds is 3. The predicted octanol–water partition coefficient (Wildman–Crippen LogP) is 5.53. The Morgan fingerprint density at radius 3 is 2.18 bits per heavy atom. The fraction of sp³-hybridized carbons (Fsp3) is 0.300. The second kappa shape index (κ2) is 9.14. The van der Waals surface area contributed by atoms with Gasteiger partial charge in [0.25, 0.3) is 5.82 Å². The maximum atomic E-state index is 12.7. The van der Waals surface area contributed by atoms with E-state index >= 15 is 0 Å². The SMILES string of the molecule is CCc1ccc(-n2nc(C(F)(F)F)nc2N)c(C(C)C)c1.Sc1ccccc1. The Labute approximate surface area is 168 Å². The van der Waals surface area contributed by atoms with Gasteiger partial charge in [0.1, 0.15) is 0 Å². The summed E-state index contributed by atoms with van der Waals surface area (Å²) >= 11 is 4.08. The lowest BCUT2D eigenvalue weighted by Gasteiger charge is -2.14. The second-order valence-electron chi connectivity index (χ2n) is 6.44. The number of halogens is 3. The Kier molecular flexibility index (Phi) is 7.12. The van der Waals surface area contributed by atoms with Gasteiger partial charge in [-0.15, -0.1) is 17.7 Å². The molecule has 0 aliphatic heterocycles. The summed E-state index contributed by atoms with van der Waals surface area (Å²) in [6, 6.07) is 15.3. The standard InChI is InChI=1S/C14H17F3N4.C6H6S/c1-4-9-5-6-11(10(7-9)8(2)3)21-13(18)19-12(20-21)14(15,16)17;7-6-4-2-1-3-5-6/h5-8H,4H2,1-3H3,(H2,18,19,20);1-5,7H. The molecule has 0 bridgehead atoms. The van der Waals surface area contributed by atoms with Crippen LogP contribution in [-0.2, 0) is 12.6 Å². The first-order chi connectivity index (χ1) is 13.1. The van der Waals surface area contributed by atoms with Crippen LogP contribution >= 0.6 is 12.6 Å². The Morgan fingerprint density at radius 1 is 1.11 bits per heavy atom. The van der Waals surface area contributed by atoms with Crippen LogP contribution < -0.4 is 5.73 Å². The highest BCUT2D eigenvalue weighted by atomic mass is 32.1. The Morgan fingerprint density at radius 2 is 1.75 bits per heavy atom. The minimum absolute atomic E-state index is 0.129. The Bertz CT molecular complexity index is 906. The van der Waals surface area contributed by atoms with Crippen LogP contribution in [0, 0.1) is 0 Å². The quantitative estimate of drug-likeness (QED) is 0.560. The highest BCUT2D eigenvalue weighted by Crippen LogP contribution is 2.30. The van der Waals surface area contributed by atoms with Crippen LogP contribution in [0.15, 0.2) is 53.4 Å². The van der Waals surface area contributed by atoms with Crippen molar-refractivity contribution in [2.75, 3.05) is 5.73 Å². The molecule has 0 aliphatic carbocycles. The number of nitrogens with zero attached hydrogens (tertiary/aromatic N) is 3. The molecule has 0 saturated heterocycles. The maximum Gasteiger partial charge on any atom is 0.453 e. The van der Waals surface area contributed by atoms with Crippen molar-refractivity contribution in [3.05, 3.63) is 65.5 Å². The number of nitrogen functional groups attached to an aromatic ring is 1. The molecule has 3 aromatic rings. The molecule has 150 valence electrons. The molecule has 4 nitrogen and oxygen atoms in total. The number of benzene rings is 2. The topological polar surface area (TPSA) is 56.7 Å². The van der Waals surface area contributed by atoms with Gasteiger partial charge in [0, 0.05) is 4.90 Å². The van der Waals surface area contributed by atoms with E-state index in [1.165, 1.54) is 0 Å². The number of aryl methyl sites for hydroxylation is 1. The highest BCUT2D eigenvalue weighted by Gasteiger charge is 2.37. The van der Waals surface area contributed by atoms with E-state index in [1.807, 2.05) is 63.2 Å². The summed E-state index contributed by atoms with van der Waals surface area (Å²) in [7, 11) is 0. The number of hydrogen-bond acceptors (Lipinski definition) is 4. The van der Waals surface area contributed by atoms with E-state index in [0.29, 0.717) is 5.69 Å². The van der Waals surface area contributed by atoms with Crippen molar-refractivity contribution in [2.45, 2.75) is 44.2 Å². The molecule has 0 radical (unpaired) electrons. The zero-order chi connectivity index (χ0) is 20.9. The number of aromatic nitrogens is 3. The molecular weight excluding hydrogens is 385 g/mol. The van der Waals surface area contributed by atoms with Gasteiger partial charge in [-0.2, -0.15) is 22.8 Å². The van der Waals surface area contributed by atoms with Gasteiger partial charge < -0.3 is 5.73 Å². The minimum atomic E-state index is -4.61. The summed E-state index contributed by atoms with van der Waals surface area (Å²) < 4.78 is 39.1. The molecule has 1 aromatic heterocycles. The molecule has 0 amide bonds. The molecule has 0 aliphatic rings. The highest BCUT2D eigenvalue weighted by molar-refractivity contribution is 7.80. The van der Waals surface area contributed by atoms with Crippen LogP contribution in [0.1, 0.15) is 43.6 Å². The van der Waals surface area contributed by atoms with E-state index in [4.69, 9.17) is 5.73 Å². The van der Waals surface area contributed by atoms with Gasteiger partial charge >= 0.3 is 6.18 Å². The summed E-state index contributed by atoms with van der Waals surface area (Å²) in [5.74, 6) is -1.37. The fourth-order valence-corrected chi connectivity index (χ4v) is 2.70. The van der Waals surface area contributed by atoms with Crippen LogP contribution in [0.4, 0.5) is 19.1 Å². The molecule has 2 N–H and O–H groups in total. The van der Waals surface area contributed by atoms with E-state index < -0.39 is 12.0 Å². The summed E-state index contributed by atoms with van der Waals surface area (Å²) in [6.45, 7) is 5.96. The van der Waals surface area contributed by atoms with E-state index in [1.54, 1.807) is 6.07 Å². The molecule has 0 fully saturated rings. The average molecular weight is 408 g/mol. The van der Waals surface area contributed by atoms with Gasteiger partial charge in [-0.3, -0.25) is 0 Å². The van der Waals surface area contributed by atoms with Crippen LogP contribution in [-0.4, -0.2) is 14.8 Å². The van der Waals surface area contributed by atoms with Crippen molar-refractivity contribution < 1.29 is 13.2 Å². The predicted molar refractivity (Wildman–Crippen MR) is 108 cm³/mol. The summed E-state index contributed by atoms with van der Waals surface area (Å²) in [5.41, 5.74) is 8.13. The van der Waals surface area contributed by atoms with Crippen molar-refractivity contribution in [3.8, 4) is 5.69 Å². The second-order valence-corrected chi connectivity index (χ2v) is 6.96. The monoisotopic (exact) mass is 408 g/mol. The Balaban J connectivity index is 0.000000336. The third-order valence-corrected chi connectivity index (χ3v) is 4.29. The molecule has 0 atom stereocenters. The van der Waals surface area contributed by atoms with E-state index in [0.717, 1.165) is 27.1 Å². The van der Waals surface area contributed by atoms with Crippen molar-refractivity contribution in [1.82, 2.24) is 14.8 Å². The number of thiol groups is 1. The van der Waals surface area contributed by atoms with Crippen LogP contribution in [0.25, 0.3) is 5.69 Å². The molecular formula is C20H23F3N4S. The fourth-order valence-electron chi connectivity index (χ4n) is 2.53. The van der Waals surface area contributed by atoms with Crippen molar-refractivity contribution >= 4 is 18.6 Å². The van der Waals surface area contributed by atoms with E-state index in [9.17, 15) is 13.2 Å². The van der Waals surface area contributed by atoms with Crippen LogP contribution in [0.2, 0.25) is 0 Å². The molecule has 28 heavy (non-hydrogen) atoms. The van der Waals surface area contributed by atoms with Crippen LogP contribution in [0.5, 0.6) is 0 Å². The molecule has 3 rings (SSSR count). The van der Waals surface area contributed by atoms with Gasteiger partial charge in [-0.05, 0) is 41.7 Å². The summed E-state index contributed by atoms with van der Waals surface area (Å²) in [6.07, 6.45) is -3.76. The third-order valence-electron chi connectivity index (χ3n) is 3.99. The normalized spacial score (nSPS) is 11.3. The third kappa shape index (κ3) is 5.51. The minimum Gasteiger partial charge on any atom is -0.368 e. The zero-order valence-corrected chi connectivity index (χ0v) is 16.8. The average Bonchev–Trinajstić information content (AvgIpc) is 3.04. The molecule has 0 saturated carbocycles. The molecule has 0 spiro atoms. The molecule has 0 unspecified atom stereocenters. The van der Waals surface area contributed by atoms with E-state index in [-0.39, 0.29) is 11.9 Å². The van der Waals surface area contributed by atoms with Gasteiger partial charge in [0.15, 0.2) is 0 Å².